The number of hydrogen-bond donors (Lipinski definition) is 0. The van der Waals surface area contributed by atoms with Gasteiger partial charge in [-0.05, 0) is 36.2 Å². The summed E-state index contributed by atoms with van der Waals surface area (Å²) in [6.07, 6.45) is 1.54. The Morgan fingerprint density at radius 3 is 2.61 bits per heavy atom. The van der Waals surface area contributed by atoms with Gasteiger partial charge in [0.05, 0.1) is 17.9 Å². The van der Waals surface area contributed by atoms with Crippen LogP contribution in [0.3, 0.4) is 0 Å². The lowest BCUT2D eigenvalue weighted by Gasteiger charge is -2.17. The Balaban J connectivity index is 1.83. The molecule has 2 aromatic carbocycles. The Bertz CT molecular complexity index is 646. The number of ether oxygens (including phenoxy) is 1. The Morgan fingerprint density at radius 2 is 1.91 bits per heavy atom. The van der Waals surface area contributed by atoms with Gasteiger partial charge in [-0.25, -0.2) is 0 Å². The third-order valence-electron chi connectivity index (χ3n) is 3.45. The first kappa shape index (κ1) is 17.2. The van der Waals surface area contributed by atoms with Crippen LogP contribution in [0.5, 0.6) is 5.75 Å². The van der Waals surface area contributed by atoms with Gasteiger partial charge in [-0.1, -0.05) is 30.3 Å². The lowest BCUT2D eigenvalue weighted by Crippen LogP contribution is -2.23. The lowest BCUT2D eigenvalue weighted by atomic mass is 10.2. The van der Waals surface area contributed by atoms with Crippen LogP contribution in [0.15, 0.2) is 59.5 Å². The molecule has 4 nitrogen and oxygen atoms in total. The minimum atomic E-state index is -1.02. The van der Waals surface area contributed by atoms with E-state index in [1.54, 1.807) is 12.0 Å². The maximum atomic E-state index is 12.1. The molecule has 0 spiro atoms. The van der Waals surface area contributed by atoms with Crippen molar-refractivity contribution in [1.29, 1.82) is 0 Å². The second kappa shape index (κ2) is 9.10. The molecular weight excluding hydrogens is 310 g/mol. The summed E-state index contributed by atoms with van der Waals surface area (Å²) in [7, 11) is 0.605. The van der Waals surface area contributed by atoms with Gasteiger partial charge in [-0.2, -0.15) is 0 Å². The van der Waals surface area contributed by atoms with Gasteiger partial charge in [-0.15, -0.1) is 0 Å². The minimum absolute atomic E-state index is 0.526. The van der Waals surface area contributed by atoms with E-state index in [1.165, 1.54) is 0 Å². The average Bonchev–Trinajstić information content (AvgIpc) is 2.61. The predicted molar refractivity (Wildman–Crippen MR) is 91.8 cm³/mol. The standard InChI is InChI=1S/C18H21NO3S/c1-22-17-8-5-7-16(13-17)14-19(15-20)11-6-12-23(21)18-9-3-2-4-10-18/h2-5,7-10,13,15H,6,11-12,14H2,1H3. The number of amides is 1. The van der Waals surface area contributed by atoms with Crippen LogP contribution in [0.4, 0.5) is 0 Å². The van der Waals surface area contributed by atoms with Crippen molar-refractivity contribution in [3.63, 3.8) is 0 Å². The maximum absolute atomic E-state index is 12.1. The Hall–Kier alpha value is -2.14. The molecule has 0 bridgehead atoms. The average molecular weight is 331 g/mol. The van der Waals surface area contributed by atoms with Crippen molar-refractivity contribution in [1.82, 2.24) is 4.90 Å². The molecule has 1 unspecified atom stereocenters. The van der Waals surface area contributed by atoms with E-state index in [4.69, 9.17) is 4.74 Å². The topological polar surface area (TPSA) is 46.6 Å². The molecule has 0 radical (unpaired) electrons. The van der Waals surface area contributed by atoms with Gasteiger partial charge < -0.3 is 9.64 Å². The normalized spacial score (nSPS) is 11.7. The first-order valence-electron chi connectivity index (χ1n) is 7.48. The summed E-state index contributed by atoms with van der Waals surface area (Å²) >= 11 is 0. The highest BCUT2D eigenvalue weighted by atomic mass is 32.2. The number of carbonyl (C=O) groups is 1. The highest BCUT2D eigenvalue weighted by molar-refractivity contribution is 7.85. The zero-order chi connectivity index (χ0) is 16.5. The summed E-state index contributed by atoms with van der Waals surface area (Å²) in [6, 6.07) is 17.1. The van der Waals surface area contributed by atoms with Gasteiger partial charge in [0, 0.05) is 23.7 Å². The number of rotatable bonds is 9. The van der Waals surface area contributed by atoms with Crippen molar-refractivity contribution in [2.45, 2.75) is 17.9 Å². The van der Waals surface area contributed by atoms with Crippen LogP contribution >= 0.6 is 0 Å². The maximum Gasteiger partial charge on any atom is 0.210 e. The Labute approximate surface area is 139 Å². The quantitative estimate of drug-likeness (QED) is 0.664. The van der Waals surface area contributed by atoms with Crippen LogP contribution in [0, 0.1) is 0 Å². The van der Waals surface area contributed by atoms with Crippen LogP contribution in [0.25, 0.3) is 0 Å². The first-order chi connectivity index (χ1) is 11.2. The smallest absolute Gasteiger partial charge is 0.210 e. The molecule has 2 rings (SSSR count). The van der Waals surface area contributed by atoms with Crippen LogP contribution in [0.1, 0.15) is 12.0 Å². The van der Waals surface area contributed by atoms with E-state index in [1.807, 2.05) is 54.6 Å². The third-order valence-corrected chi connectivity index (χ3v) is 4.91. The monoisotopic (exact) mass is 331 g/mol. The molecule has 1 amide bonds. The molecular formula is C18H21NO3S. The molecule has 2 aromatic rings. The summed E-state index contributed by atoms with van der Waals surface area (Å²) < 4.78 is 17.3. The Kier molecular flexibility index (Phi) is 6.81. The van der Waals surface area contributed by atoms with Crippen molar-refractivity contribution in [2.24, 2.45) is 0 Å². The van der Waals surface area contributed by atoms with Gasteiger partial charge in [0.1, 0.15) is 5.75 Å². The predicted octanol–water partition coefficient (Wildman–Crippen LogP) is 2.85. The van der Waals surface area contributed by atoms with Crippen molar-refractivity contribution in [2.75, 3.05) is 19.4 Å². The molecule has 0 saturated carbocycles. The van der Waals surface area contributed by atoms with Crippen molar-refractivity contribution >= 4 is 17.2 Å². The van der Waals surface area contributed by atoms with Crippen molar-refractivity contribution in [3.05, 3.63) is 60.2 Å². The molecule has 1 atom stereocenters. The van der Waals surface area contributed by atoms with E-state index in [9.17, 15) is 9.00 Å². The largest absolute Gasteiger partial charge is 0.497 e. The minimum Gasteiger partial charge on any atom is -0.497 e. The molecule has 122 valence electrons. The Morgan fingerprint density at radius 1 is 1.13 bits per heavy atom. The molecule has 5 heteroatoms. The molecule has 0 heterocycles. The fourth-order valence-electron chi connectivity index (χ4n) is 2.26. The molecule has 0 aliphatic carbocycles. The van der Waals surface area contributed by atoms with Crippen molar-refractivity contribution in [3.8, 4) is 5.75 Å². The van der Waals surface area contributed by atoms with E-state index >= 15 is 0 Å². The lowest BCUT2D eigenvalue weighted by molar-refractivity contribution is -0.118. The molecule has 0 saturated heterocycles. The van der Waals surface area contributed by atoms with Crippen LogP contribution in [0.2, 0.25) is 0 Å². The molecule has 0 aliphatic heterocycles. The number of nitrogens with zero attached hydrogens (tertiary/aromatic N) is 1. The van der Waals surface area contributed by atoms with Gasteiger partial charge in [0.25, 0.3) is 0 Å². The van der Waals surface area contributed by atoms with Crippen LogP contribution in [-0.2, 0) is 22.1 Å². The van der Waals surface area contributed by atoms with E-state index in [2.05, 4.69) is 0 Å². The third kappa shape index (κ3) is 5.53. The van der Waals surface area contributed by atoms with Gasteiger partial charge in [0.2, 0.25) is 6.41 Å². The zero-order valence-corrected chi connectivity index (χ0v) is 14.0. The number of benzene rings is 2. The van der Waals surface area contributed by atoms with E-state index in [0.29, 0.717) is 25.3 Å². The number of hydrogen-bond acceptors (Lipinski definition) is 3. The first-order valence-corrected chi connectivity index (χ1v) is 8.80. The van der Waals surface area contributed by atoms with Gasteiger partial charge in [0.15, 0.2) is 0 Å². The van der Waals surface area contributed by atoms with Crippen molar-refractivity contribution < 1.29 is 13.7 Å². The highest BCUT2D eigenvalue weighted by Gasteiger charge is 2.07. The molecule has 0 N–H and O–H groups in total. The number of carbonyl (C=O) groups excluding carboxylic acids is 1. The fraction of sp³-hybridized carbons (Fsp3) is 0.278. The zero-order valence-electron chi connectivity index (χ0n) is 13.2. The van der Waals surface area contributed by atoms with E-state index < -0.39 is 10.8 Å². The summed E-state index contributed by atoms with van der Waals surface area (Å²) in [4.78, 5) is 13.8. The van der Waals surface area contributed by atoms with Crippen LogP contribution in [-0.4, -0.2) is 34.9 Å². The summed E-state index contributed by atoms with van der Waals surface area (Å²) in [5, 5.41) is 0. The van der Waals surface area contributed by atoms with Gasteiger partial charge >= 0.3 is 0 Å². The van der Waals surface area contributed by atoms with E-state index in [0.717, 1.165) is 22.6 Å². The fourth-order valence-corrected chi connectivity index (χ4v) is 3.35. The highest BCUT2D eigenvalue weighted by Crippen LogP contribution is 2.14. The second-order valence-corrected chi connectivity index (χ2v) is 6.71. The summed E-state index contributed by atoms with van der Waals surface area (Å²) in [6.45, 7) is 1.11. The van der Waals surface area contributed by atoms with Gasteiger partial charge in [-0.3, -0.25) is 9.00 Å². The molecule has 0 fully saturated rings. The second-order valence-electron chi connectivity index (χ2n) is 5.14. The molecule has 0 aromatic heterocycles. The molecule has 23 heavy (non-hydrogen) atoms. The summed E-state index contributed by atoms with van der Waals surface area (Å²) in [5.74, 6) is 1.32. The summed E-state index contributed by atoms with van der Waals surface area (Å²) in [5.41, 5.74) is 1.01. The molecule has 0 aliphatic rings. The van der Waals surface area contributed by atoms with E-state index in [-0.39, 0.29) is 0 Å². The van der Waals surface area contributed by atoms with Crippen LogP contribution < -0.4 is 4.74 Å². The SMILES string of the molecule is COc1cccc(CN(C=O)CCCS(=O)c2ccccc2)c1. The number of methoxy groups -OCH3 is 1.